The lowest BCUT2D eigenvalue weighted by Gasteiger charge is -2.15. The van der Waals surface area contributed by atoms with Crippen molar-refractivity contribution in [1.29, 1.82) is 5.26 Å². The fourth-order valence-corrected chi connectivity index (χ4v) is 1.91. The molecule has 0 aliphatic rings. The van der Waals surface area contributed by atoms with Crippen LogP contribution in [-0.4, -0.2) is 30.2 Å². The van der Waals surface area contributed by atoms with E-state index in [0.717, 1.165) is 25.1 Å². The summed E-state index contributed by atoms with van der Waals surface area (Å²) in [5.74, 6) is -0.191. The number of rotatable bonds is 8. The molecule has 5 heteroatoms. The maximum Gasteiger partial charge on any atom is 0.251 e. The van der Waals surface area contributed by atoms with Crippen LogP contribution in [0, 0.1) is 16.7 Å². The summed E-state index contributed by atoms with van der Waals surface area (Å²) in [4.78, 5) is 11.9. The molecule has 22 heavy (non-hydrogen) atoms. The number of benzene rings is 1. The summed E-state index contributed by atoms with van der Waals surface area (Å²) in [6, 6.07) is 9.25. The number of hydrogen-bond donors (Lipinski definition) is 3. The number of nitrogens with zero attached hydrogens (tertiary/aromatic N) is 1. The Bertz CT molecular complexity index is 518. The number of nitriles is 1. The molecule has 3 N–H and O–H groups in total. The molecule has 0 unspecified atom stereocenters. The second-order valence-corrected chi connectivity index (χ2v) is 6.16. The van der Waals surface area contributed by atoms with E-state index in [-0.39, 0.29) is 24.0 Å². The molecule has 0 heterocycles. The number of nitrogens with one attached hydrogen (secondary N) is 2. The molecule has 0 aromatic heterocycles. The second kappa shape index (κ2) is 8.40. The van der Waals surface area contributed by atoms with E-state index in [9.17, 15) is 4.79 Å². The van der Waals surface area contributed by atoms with E-state index < -0.39 is 0 Å². The summed E-state index contributed by atoms with van der Waals surface area (Å²) in [6.45, 7) is 6.33. The Morgan fingerprint density at radius 3 is 2.55 bits per heavy atom. The monoisotopic (exact) mass is 303 g/mol. The Hall–Kier alpha value is -2.06. The number of carbonyl (C=O) groups is 1. The zero-order chi connectivity index (χ0) is 16.6. The van der Waals surface area contributed by atoms with Crippen molar-refractivity contribution >= 4 is 11.6 Å². The first kappa shape index (κ1) is 18.0. The minimum atomic E-state index is -0.285. The van der Waals surface area contributed by atoms with Gasteiger partial charge in [-0.15, -0.1) is 0 Å². The molecule has 0 aliphatic carbocycles. The van der Waals surface area contributed by atoms with Crippen molar-refractivity contribution in [3.63, 3.8) is 0 Å². The lowest BCUT2D eigenvalue weighted by Crippen LogP contribution is -2.34. The van der Waals surface area contributed by atoms with Crippen LogP contribution in [0.4, 0.5) is 5.69 Å². The first-order valence-corrected chi connectivity index (χ1v) is 7.55. The van der Waals surface area contributed by atoms with Gasteiger partial charge >= 0.3 is 0 Å². The highest BCUT2D eigenvalue weighted by Crippen LogP contribution is 2.20. The van der Waals surface area contributed by atoms with Crippen molar-refractivity contribution in [2.75, 3.05) is 18.5 Å². The van der Waals surface area contributed by atoms with E-state index in [0.29, 0.717) is 5.56 Å². The molecule has 1 aromatic carbocycles. The van der Waals surface area contributed by atoms with Crippen molar-refractivity contribution in [3.8, 4) is 6.07 Å². The molecule has 0 spiro atoms. The van der Waals surface area contributed by atoms with Gasteiger partial charge in [-0.1, -0.05) is 0 Å². The van der Waals surface area contributed by atoms with Crippen LogP contribution in [0.25, 0.3) is 0 Å². The summed E-state index contributed by atoms with van der Waals surface area (Å²) in [5.41, 5.74) is 1.23. The number of hydrogen-bond acceptors (Lipinski definition) is 4. The normalized spacial score (nSPS) is 12.3. The van der Waals surface area contributed by atoms with Crippen LogP contribution in [0.1, 0.15) is 44.0 Å². The minimum absolute atomic E-state index is 0.0789. The standard InChI is InChI=1S/C17H25N3O2/c1-13(11-21)20-16(22)14-5-7-15(8-6-14)19-10-4-9-17(2,3)12-18/h5-8,13,19,21H,4,9-11H2,1-3H3,(H,20,22)/t13-/m1/s1. The van der Waals surface area contributed by atoms with E-state index in [1.807, 2.05) is 26.0 Å². The molecule has 0 fully saturated rings. The van der Waals surface area contributed by atoms with Gasteiger partial charge in [0.15, 0.2) is 0 Å². The van der Waals surface area contributed by atoms with Crippen molar-refractivity contribution in [3.05, 3.63) is 29.8 Å². The van der Waals surface area contributed by atoms with Gasteiger partial charge in [0.1, 0.15) is 0 Å². The second-order valence-electron chi connectivity index (χ2n) is 6.16. The average molecular weight is 303 g/mol. The quantitative estimate of drug-likeness (QED) is 0.644. The molecule has 0 aliphatic heterocycles. The number of amides is 1. The molecule has 0 saturated carbocycles. The molecule has 120 valence electrons. The smallest absolute Gasteiger partial charge is 0.251 e. The fourth-order valence-electron chi connectivity index (χ4n) is 1.91. The van der Waals surface area contributed by atoms with Crippen LogP contribution in [-0.2, 0) is 0 Å². The van der Waals surface area contributed by atoms with Gasteiger partial charge in [-0.2, -0.15) is 5.26 Å². The topological polar surface area (TPSA) is 85.2 Å². The number of aliphatic hydroxyl groups excluding tert-OH is 1. The van der Waals surface area contributed by atoms with Crippen molar-refractivity contribution < 1.29 is 9.90 Å². The molecule has 1 atom stereocenters. The zero-order valence-corrected chi connectivity index (χ0v) is 13.5. The Balaban J connectivity index is 2.42. The first-order valence-electron chi connectivity index (χ1n) is 7.55. The van der Waals surface area contributed by atoms with Crippen LogP contribution >= 0.6 is 0 Å². The van der Waals surface area contributed by atoms with Gasteiger partial charge in [0.25, 0.3) is 5.91 Å². The summed E-state index contributed by atoms with van der Waals surface area (Å²) in [7, 11) is 0. The predicted molar refractivity (Wildman–Crippen MR) is 87.6 cm³/mol. The molecular formula is C17H25N3O2. The van der Waals surface area contributed by atoms with Gasteiger partial charge < -0.3 is 15.7 Å². The molecule has 5 nitrogen and oxygen atoms in total. The molecule has 1 amide bonds. The summed E-state index contributed by atoms with van der Waals surface area (Å²) < 4.78 is 0. The molecule has 0 radical (unpaired) electrons. The number of carbonyl (C=O) groups excluding carboxylic acids is 1. The van der Waals surface area contributed by atoms with E-state index >= 15 is 0 Å². The Labute approximate surface area is 132 Å². The van der Waals surface area contributed by atoms with Gasteiger partial charge in [0.05, 0.1) is 18.1 Å². The lowest BCUT2D eigenvalue weighted by atomic mass is 9.90. The van der Waals surface area contributed by atoms with Gasteiger partial charge in [-0.25, -0.2) is 0 Å². The molecular weight excluding hydrogens is 278 g/mol. The Kier molecular flexibility index (Phi) is 6.87. The number of anilines is 1. The fraction of sp³-hybridized carbons (Fsp3) is 0.529. The highest BCUT2D eigenvalue weighted by molar-refractivity contribution is 5.94. The van der Waals surface area contributed by atoms with Crippen LogP contribution in [0.5, 0.6) is 0 Å². The van der Waals surface area contributed by atoms with Gasteiger partial charge in [0, 0.05) is 23.8 Å². The van der Waals surface area contributed by atoms with Crippen molar-refractivity contribution in [2.45, 2.75) is 39.7 Å². The lowest BCUT2D eigenvalue weighted by molar-refractivity contribution is 0.0922. The Morgan fingerprint density at radius 2 is 2.00 bits per heavy atom. The zero-order valence-electron chi connectivity index (χ0n) is 13.5. The van der Waals surface area contributed by atoms with Crippen molar-refractivity contribution in [2.24, 2.45) is 5.41 Å². The van der Waals surface area contributed by atoms with E-state index in [1.165, 1.54) is 0 Å². The maximum atomic E-state index is 11.9. The highest BCUT2D eigenvalue weighted by Gasteiger charge is 2.15. The van der Waals surface area contributed by atoms with Crippen LogP contribution in [0.15, 0.2) is 24.3 Å². The summed E-state index contributed by atoms with van der Waals surface area (Å²) >= 11 is 0. The van der Waals surface area contributed by atoms with Gasteiger partial charge in [0.2, 0.25) is 0 Å². The minimum Gasteiger partial charge on any atom is -0.394 e. The largest absolute Gasteiger partial charge is 0.394 e. The third-order valence-corrected chi connectivity index (χ3v) is 3.41. The molecule has 0 saturated heterocycles. The maximum absolute atomic E-state index is 11.9. The van der Waals surface area contributed by atoms with Crippen molar-refractivity contribution in [1.82, 2.24) is 5.32 Å². The van der Waals surface area contributed by atoms with Gasteiger partial charge in [-0.3, -0.25) is 4.79 Å². The van der Waals surface area contributed by atoms with Gasteiger partial charge in [-0.05, 0) is 57.9 Å². The SMILES string of the molecule is C[C@H](CO)NC(=O)c1ccc(NCCCC(C)(C)C#N)cc1. The summed E-state index contributed by atoms with van der Waals surface area (Å²) in [6.07, 6.45) is 1.76. The first-order chi connectivity index (χ1) is 10.4. The van der Waals surface area contributed by atoms with Crippen LogP contribution in [0.3, 0.4) is 0 Å². The van der Waals surface area contributed by atoms with E-state index in [1.54, 1.807) is 19.1 Å². The van der Waals surface area contributed by atoms with E-state index in [2.05, 4.69) is 16.7 Å². The third-order valence-electron chi connectivity index (χ3n) is 3.41. The molecule has 1 aromatic rings. The van der Waals surface area contributed by atoms with E-state index in [4.69, 9.17) is 10.4 Å². The predicted octanol–water partition coefficient (Wildman–Crippen LogP) is 2.54. The highest BCUT2D eigenvalue weighted by atomic mass is 16.3. The van der Waals surface area contributed by atoms with Crippen LogP contribution in [0.2, 0.25) is 0 Å². The van der Waals surface area contributed by atoms with Crippen LogP contribution < -0.4 is 10.6 Å². The molecule has 1 rings (SSSR count). The molecule has 0 bridgehead atoms. The summed E-state index contributed by atoms with van der Waals surface area (Å²) in [5, 5.41) is 23.9. The average Bonchev–Trinajstić information content (AvgIpc) is 2.52. The third kappa shape index (κ3) is 6.15. The Morgan fingerprint density at radius 1 is 1.36 bits per heavy atom. The number of aliphatic hydroxyl groups is 1.